The van der Waals surface area contributed by atoms with Crippen molar-refractivity contribution in [3.05, 3.63) is 12.7 Å². The van der Waals surface area contributed by atoms with Gasteiger partial charge in [-0.1, -0.05) is 19.4 Å². The Kier molecular flexibility index (Phi) is 45.6. The average molecular weight is 497 g/mol. The molecular formula is C19H38O7Sn. The molecule has 0 spiro atoms. The molecule has 2 N–H and O–H groups in total. The summed E-state index contributed by atoms with van der Waals surface area (Å²) in [6, 6.07) is 0. The van der Waals surface area contributed by atoms with Gasteiger partial charge >= 0.3 is 69.5 Å². The van der Waals surface area contributed by atoms with Gasteiger partial charge in [-0.3, -0.25) is 0 Å². The number of ether oxygens (including phenoxy) is 1. The van der Waals surface area contributed by atoms with Gasteiger partial charge in [0, 0.05) is 6.61 Å². The van der Waals surface area contributed by atoms with Gasteiger partial charge in [-0.25, -0.2) is 0 Å². The van der Waals surface area contributed by atoms with Gasteiger partial charge in [-0.2, -0.15) is 0 Å². The Morgan fingerprint density at radius 1 is 0.926 bits per heavy atom. The van der Waals surface area contributed by atoms with Crippen LogP contribution in [0.2, 0.25) is 8.87 Å². The van der Waals surface area contributed by atoms with E-state index in [0.717, 1.165) is 13.0 Å². The number of carbonyl (C=O) groups is 2. The summed E-state index contributed by atoms with van der Waals surface area (Å²) in [6.45, 7) is 10.1. The summed E-state index contributed by atoms with van der Waals surface area (Å²) in [4.78, 5) is 18.0. The molecule has 8 heteroatoms. The van der Waals surface area contributed by atoms with Crippen LogP contribution in [0.25, 0.3) is 0 Å². The van der Waals surface area contributed by atoms with Crippen molar-refractivity contribution < 1.29 is 34.8 Å². The van der Waals surface area contributed by atoms with E-state index in [1.165, 1.54) is 32.1 Å². The molecule has 0 aromatic rings. The van der Waals surface area contributed by atoms with Crippen LogP contribution in [-0.4, -0.2) is 69.7 Å². The summed E-state index contributed by atoms with van der Waals surface area (Å²) in [5, 5.41) is 33.0. The van der Waals surface area contributed by atoms with Crippen molar-refractivity contribution in [2.45, 2.75) is 68.2 Å². The summed E-state index contributed by atoms with van der Waals surface area (Å²) in [5.41, 5.74) is 0. The summed E-state index contributed by atoms with van der Waals surface area (Å²) >= 11 is 0.149. The summed E-state index contributed by atoms with van der Waals surface area (Å²) in [7, 11) is 0. The molecule has 0 radical (unpaired) electrons. The molecule has 0 aliphatic rings. The third kappa shape index (κ3) is 67.1. The van der Waals surface area contributed by atoms with Gasteiger partial charge in [0.25, 0.3) is 0 Å². The second kappa shape index (κ2) is 36.3. The molecule has 0 fully saturated rings. The first-order chi connectivity index (χ1) is 12.9. The summed E-state index contributed by atoms with van der Waals surface area (Å²) in [6.07, 6.45) is 9.98. The molecule has 27 heavy (non-hydrogen) atoms. The largest absolute Gasteiger partial charge is 0.548 e. The fourth-order valence-electron chi connectivity index (χ4n) is 1.14. The maximum Gasteiger partial charge on any atom is 0.0826 e. The smallest absolute Gasteiger partial charge is 0.0826 e. The monoisotopic (exact) mass is 498 g/mol. The Morgan fingerprint density at radius 2 is 1.30 bits per heavy atom. The van der Waals surface area contributed by atoms with E-state index in [2.05, 4.69) is 27.4 Å². The van der Waals surface area contributed by atoms with Gasteiger partial charge in [-0.05, 0) is 6.42 Å². The van der Waals surface area contributed by atoms with Gasteiger partial charge in [0.2, 0.25) is 0 Å². The molecule has 0 saturated carbocycles. The molecule has 160 valence electrons. The number of unbranched alkanes of at least 4 members (excludes halogenated alkanes) is 3. The molecular weight excluding hydrogens is 459 g/mol. The second-order valence-electron chi connectivity index (χ2n) is 5.23. The second-order valence-corrected chi connectivity index (χ2v) is 9.52. The number of carbonyl (C=O) groups excluding carboxylic acids is 2. The fourth-order valence-corrected chi connectivity index (χ4v) is 5.30. The molecule has 0 atom stereocenters. The van der Waals surface area contributed by atoms with Gasteiger partial charge in [0.05, 0.1) is 31.8 Å². The number of aliphatic hydroxyl groups excluding tert-OH is 2. The minimum atomic E-state index is -1.44. The molecule has 0 bridgehead atoms. The van der Waals surface area contributed by atoms with Crippen LogP contribution in [0.4, 0.5) is 0 Å². The van der Waals surface area contributed by atoms with Crippen molar-refractivity contribution in [2.24, 2.45) is 0 Å². The van der Waals surface area contributed by atoms with E-state index in [1.807, 2.05) is 0 Å². The zero-order valence-electron chi connectivity index (χ0n) is 17.2. The van der Waals surface area contributed by atoms with E-state index in [1.54, 1.807) is 14.9 Å². The quantitative estimate of drug-likeness (QED) is 0.216. The van der Waals surface area contributed by atoms with Crippen molar-refractivity contribution in [2.75, 3.05) is 26.4 Å². The summed E-state index contributed by atoms with van der Waals surface area (Å²) in [5.74, 6) is -2.88. The number of aliphatic carboxylic acids is 2. The van der Waals surface area contributed by atoms with Crippen LogP contribution in [-0.2, 0) is 14.3 Å². The Bertz CT molecular complexity index is 280. The zero-order chi connectivity index (χ0) is 21.8. The number of rotatable bonds is 13. The van der Waals surface area contributed by atoms with E-state index >= 15 is 0 Å². The molecule has 0 amide bonds. The first kappa shape index (κ1) is 33.9. The van der Waals surface area contributed by atoms with Crippen LogP contribution in [0.1, 0.15) is 59.3 Å². The van der Waals surface area contributed by atoms with Gasteiger partial charge < -0.3 is 34.8 Å². The number of aliphatic hydroxyl groups is 2. The van der Waals surface area contributed by atoms with Crippen LogP contribution >= 0.6 is 0 Å². The van der Waals surface area contributed by atoms with Gasteiger partial charge in [0.15, 0.2) is 0 Å². The van der Waals surface area contributed by atoms with E-state index in [4.69, 9.17) is 34.8 Å². The van der Waals surface area contributed by atoms with E-state index in [9.17, 15) is 0 Å². The fraction of sp³-hybridized carbons (Fsp3) is 0.789. The Morgan fingerprint density at radius 3 is 1.56 bits per heavy atom. The van der Waals surface area contributed by atoms with Crippen LogP contribution in [0, 0.1) is 0 Å². The average Bonchev–Trinajstić information content (AvgIpc) is 2.66. The van der Waals surface area contributed by atoms with Crippen LogP contribution in [0.5, 0.6) is 0 Å². The number of carboxylic acid groups (broad SMARTS) is 2. The van der Waals surface area contributed by atoms with Crippen molar-refractivity contribution in [1.82, 2.24) is 0 Å². The third-order valence-corrected chi connectivity index (χ3v) is 6.59. The molecule has 0 aromatic heterocycles. The molecule has 7 nitrogen and oxygen atoms in total. The Hall–Kier alpha value is -0.641. The van der Waals surface area contributed by atoms with Gasteiger partial charge in [-0.15, -0.1) is 6.58 Å². The van der Waals surface area contributed by atoms with Crippen molar-refractivity contribution in [1.29, 1.82) is 0 Å². The van der Waals surface area contributed by atoms with Gasteiger partial charge in [0.1, 0.15) is 0 Å². The van der Waals surface area contributed by atoms with Crippen LogP contribution in [0.15, 0.2) is 12.7 Å². The molecule has 0 aliphatic carbocycles. The van der Waals surface area contributed by atoms with E-state index < -0.39 is 25.2 Å². The normalized spacial score (nSPS) is 8.48. The summed E-state index contributed by atoms with van der Waals surface area (Å²) < 4.78 is 8.35. The molecule has 0 aliphatic heterocycles. The predicted octanol–water partition coefficient (Wildman–Crippen LogP) is 0.574. The van der Waals surface area contributed by atoms with Crippen LogP contribution < -0.4 is 10.2 Å². The maximum absolute atomic E-state index is 9.01. The topological polar surface area (TPSA) is 130 Å². The van der Waals surface area contributed by atoms with E-state index in [-0.39, 0.29) is 21.1 Å². The molecule has 0 aromatic carbocycles. The maximum atomic E-state index is 9.01. The Balaban J connectivity index is -0.000000135. The standard InChI is InChI=1S/C7H14O.2C4H9.2C2H4O3.Sn/c1-3-5-7-8-6-4-2;2*1-3-4-2;2*3-1-2(4)5;/h4H,2-3,5-7H2,1H3;2*1,3-4H2,2H3;2*3H,1H2,(H,4,5);/q;;;;;+2/p-2. The van der Waals surface area contributed by atoms with Crippen molar-refractivity contribution in [3.63, 3.8) is 0 Å². The minimum Gasteiger partial charge on any atom is -0.548 e. The van der Waals surface area contributed by atoms with Crippen LogP contribution in [0.3, 0.4) is 0 Å². The molecule has 0 unspecified atom stereocenters. The Labute approximate surface area is 175 Å². The molecule has 0 heterocycles. The molecule has 0 rings (SSSR count). The number of hydrogen-bond acceptors (Lipinski definition) is 7. The van der Waals surface area contributed by atoms with Crippen molar-refractivity contribution >= 4 is 33.1 Å². The third-order valence-electron chi connectivity index (χ3n) is 2.55. The number of hydrogen-bond donors (Lipinski definition) is 2. The predicted molar refractivity (Wildman–Crippen MR) is 105 cm³/mol. The molecule has 0 saturated heterocycles. The van der Waals surface area contributed by atoms with E-state index in [0.29, 0.717) is 6.61 Å². The SMILES string of the molecule is C=CCOCCCC.CCC[CH2][Sn+2][CH2]CCC.O=C([O-])CO.O=C([O-])CO. The van der Waals surface area contributed by atoms with Crippen molar-refractivity contribution in [3.8, 4) is 0 Å². The number of carboxylic acids is 2. The minimum absolute atomic E-state index is 0.149. The first-order valence-corrected chi connectivity index (χ1v) is 13.4. The zero-order valence-corrected chi connectivity index (χ0v) is 20.1. The first-order valence-electron chi connectivity index (χ1n) is 9.38.